The van der Waals surface area contributed by atoms with Crippen LogP contribution < -0.4 is 5.32 Å². The van der Waals surface area contributed by atoms with Crippen LogP contribution in [0.15, 0.2) is 24.3 Å². The summed E-state index contributed by atoms with van der Waals surface area (Å²) in [7, 11) is 0. The van der Waals surface area contributed by atoms with Gasteiger partial charge in [-0.1, -0.05) is 12.1 Å². The average Bonchev–Trinajstić information content (AvgIpc) is 2.55. The summed E-state index contributed by atoms with van der Waals surface area (Å²) in [5.74, 6) is 1.25. The van der Waals surface area contributed by atoms with Crippen molar-refractivity contribution in [2.24, 2.45) is 5.92 Å². The topological polar surface area (TPSA) is 32.3 Å². The van der Waals surface area contributed by atoms with Crippen LogP contribution in [0.25, 0.3) is 0 Å². The van der Waals surface area contributed by atoms with Crippen LogP contribution in [0.4, 0.5) is 0 Å². The molecule has 1 unspecified atom stereocenters. The van der Waals surface area contributed by atoms with E-state index in [2.05, 4.69) is 11.4 Å². The molecule has 16 heavy (non-hydrogen) atoms. The Morgan fingerprint density at radius 2 is 2.19 bits per heavy atom. The van der Waals surface area contributed by atoms with Crippen molar-refractivity contribution in [3.8, 4) is 5.75 Å². The molecule has 0 radical (unpaired) electrons. The van der Waals surface area contributed by atoms with Crippen molar-refractivity contribution in [1.82, 2.24) is 5.32 Å². The maximum Gasteiger partial charge on any atom is 0.115 e. The second-order valence-corrected chi connectivity index (χ2v) is 4.76. The molecule has 1 aliphatic heterocycles. The van der Waals surface area contributed by atoms with Gasteiger partial charge in [0.2, 0.25) is 0 Å². The summed E-state index contributed by atoms with van der Waals surface area (Å²) in [6.07, 6.45) is 6.32. The fraction of sp³-hybridized carbons (Fsp3) is 0.571. The summed E-state index contributed by atoms with van der Waals surface area (Å²) < 4.78 is 0. The minimum absolute atomic E-state index is 0.389. The number of aryl methyl sites for hydroxylation is 1. The van der Waals surface area contributed by atoms with Crippen LogP contribution in [0.3, 0.4) is 0 Å². The molecule has 0 aliphatic carbocycles. The molecule has 1 saturated heterocycles. The molecule has 0 bridgehead atoms. The zero-order valence-corrected chi connectivity index (χ0v) is 9.78. The van der Waals surface area contributed by atoms with Crippen LogP contribution >= 0.6 is 0 Å². The monoisotopic (exact) mass is 219 g/mol. The molecule has 0 spiro atoms. The van der Waals surface area contributed by atoms with Gasteiger partial charge in [0.1, 0.15) is 5.75 Å². The Hall–Kier alpha value is -1.02. The minimum atomic E-state index is 0.389. The lowest BCUT2D eigenvalue weighted by Gasteiger charge is -2.13. The second-order valence-electron chi connectivity index (χ2n) is 4.76. The van der Waals surface area contributed by atoms with Crippen LogP contribution in [-0.2, 0) is 6.42 Å². The van der Waals surface area contributed by atoms with Crippen molar-refractivity contribution in [2.45, 2.75) is 32.1 Å². The lowest BCUT2D eigenvalue weighted by Crippen LogP contribution is -2.14. The van der Waals surface area contributed by atoms with E-state index in [0.29, 0.717) is 5.75 Å². The summed E-state index contributed by atoms with van der Waals surface area (Å²) in [4.78, 5) is 0. The molecular formula is C14H21NO. The summed E-state index contributed by atoms with van der Waals surface area (Å²) in [6.45, 7) is 2.35. The summed E-state index contributed by atoms with van der Waals surface area (Å²) in [6, 6.07) is 7.65. The number of phenols is 1. The van der Waals surface area contributed by atoms with Crippen molar-refractivity contribution in [1.29, 1.82) is 0 Å². The van der Waals surface area contributed by atoms with Gasteiger partial charge in [-0.15, -0.1) is 0 Å². The maximum atomic E-state index is 9.39. The number of nitrogens with one attached hydrogen (secondary N) is 1. The Labute approximate surface area is 97.7 Å². The number of aromatic hydroxyl groups is 1. The zero-order chi connectivity index (χ0) is 11.2. The molecule has 0 aromatic heterocycles. The quantitative estimate of drug-likeness (QED) is 0.819. The lowest BCUT2D eigenvalue weighted by atomic mass is 9.93. The van der Waals surface area contributed by atoms with E-state index in [-0.39, 0.29) is 0 Å². The summed E-state index contributed by atoms with van der Waals surface area (Å²) >= 11 is 0. The van der Waals surface area contributed by atoms with Gasteiger partial charge in [-0.25, -0.2) is 0 Å². The molecule has 1 fully saturated rings. The third-order valence-corrected chi connectivity index (χ3v) is 3.45. The van der Waals surface area contributed by atoms with Crippen LogP contribution in [-0.4, -0.2) is 18.2 Å². The molecule has 1 aliphatic rings. The van der Waals surface area contributed by atoms with Gasteiger partial charge in [-0.05, 0) is 68.8 Å². The summed E-state index contributed by atoms with van der Waals surface area (Å²) in [5.41, 5.74) is 1.26. The van der Waals surface area contributed by atoms with E-state index in [4.69, 9.17) is 0 Å². The molecule has 1 heterocycles. The van der Waals surface area contributed by atoms with Gasteiger partial charge in [-0.2, -0.15) is 0 Å². The molecule has 0 amide bonds. The van der Waals surface area contributed by atoms with Crippen LogP contribution in [0, 0.1) is 5.92 Å². The van der Waals surface area contributed by atoms with Gasteiger partial charge in [0.15, 0.2) is 0 Å². The molecule has 2 N–H and O–H groups in total. The molecule has 0 saturated carbocycles. The number of hydrogen-bond acceptors (Lipinski definition) is 2. The Morgan fingerprint density at radius 1 is 1.25 bits per heavy atom. The molecule has 2 nitrogen and oxygen atoms in total. The van der Waals surface area contributed by atoms with Crippen LogP contribution in [0.5, 0.6) is 5.75 Å². The standard InChI is InChI=1S/C14H21NO/c16-14-5-1-3-13(11-14)7-6-12-4-2-9-15-10-8-12/h1,3,5,11-12,15-16H,2,4,6-10H2. The van der Waals surface area contributed by atoms with Crippen molar-refractivity contribution < 1.29 is 5.11 Å². The number of rotatable bonds is 3. The fourth-order valence-electron chi connectivity index (χ4n) is 2.46. The molecule has 2 rings (SSSR count). The molecule has 1 aromatic rings. The first-order valence-corrected chi connectivity index (χ1v) is 6.33. The smallest absolute Gasteiger partial charge is 0.115 e. The van der Waals surface area contributed by atoms with Crippen molar-refractivity contribution in [3.63, 3.8) is 0 Å². The average molecular weight is 219 g/mol. The van der Waals surface area contributed by atoms with Crippen LogP contribution in [0.1, 0.15) is 31.2 Å². The number of hydrogen-bond donors (Lipinski definition) is 2. The highest BCUT2D eigenvalue weighted by Gasteiger charge is 2.11. The highest BCUT2D eigenvalue weighted by Crippen LogP contribution is 2.21. The van der Waals surface area contributed by atoms with E-state index < -0.39 is 0 Å². The van der Waals surface area contributed by atoms with E-state index in [1.54, 1.807) is 6.07 Å². The Morgan fingerprint density at radius 3 is 3.06 bits per heavy atom. The second kappa shape index (κ2) is 5.90. The third kappa shape index (κ3) is 3.53. The molecule has 88 valence electrons. The van der Waals surface area contributed by atoms with E-state index in [0.717, 1.165) is 12.3 Å². The minimum Gasteiger partial charge on any atom is -0.508 e. The van der Waals surface area contributed by atoms with Gasteiger partial charge < -0.3 is 10.4 Å². The number of benzene rings is 1. The van der Waals surface area contributed by atoms with Gasteiger partial charge in [0, 0.05) is 0 Å². The van der Waals surface area contributed by atoms with Gasteiger partial charge in [0.05, 0.1) is 0 Å². The van der Waals surface area contributed by atoms with Gasteiger partial charge in [0.25, 0.3) is 0 Å². The zero-order valence-electron chi connectivity index (χ0n) is 9.78. The van der Waals surface area contributed by atoms with Crippen LogP contribution in [0.2, 0.25) is 0 Å². The van der Waals surface area contributed by atoms with E-state index in [1.807, 2.05) is 12.1 Å². The van der Waals surface area contributed by atoms with E-state index >= 15 is 0 Å². The summed E-state index contributed by atoms with van der Waals surface area (Å²) in [5, 5.41) is 12.8. The SMILES string of the molecule is Oc1cccc(CCC2CCCNCC2)c1. The first-order valence-electron chi connectivity index (χ1n) is 6.33. The third-order valence-electron chi connectivity index (χ3n) is 3.45. The Bertz CT molecular complexity index is 316. The predicted molar refractivity (Wildman–Crippen MR) is 66.6 cm³/mol. The first-order chi connectivity index (χ1) is 7.84. The largest absolute Gasteiger partial charge is 0.508 e. The normalized spacial score (nSPS) is 21.6. The van der Waals surface area contributed by atoms with Crippen molar-refractivity contribution in [3.05, 3.63) is 29.8 Å². The predicted octanol–water partition coefficient (Wildman–Crippen LogP) is 2.71. The van der Waals surface area contributed by atoms with Gasteiger partial charge in [-0.3, -0.25) is 0 Å². The Balaban J connectivity index is 1.81. The molecule has 2 heteroatoms. The first kappa shape index (κ1) is 11.5. The van der Waals surface area contributed by atoms with E-state index in [9.17, 15) is 5.11 Å². The molecular weight excluding hydrogens is 198 g/mol. The highest BCUT2D eigenvalue weighted by molar-refractivity contribution is 5.27. The van der Waals surface area contributed by atoms with E-state index in [1.165, 1.54) is 44.3 Å². The number of phenolic OH excluding ortho intramolecular Hbond substituents is 1. The molecule has 1 aromatic carbocycles. The van der Waals surface area contributed by atoms with Gasteiger partial charge >= 0.3 is 0 Å². The lowest BCUT2D eigenvalue weighted by molar-refractivity contribution is 0.437. The Kier molecular flexibility index (Phi) is 4.23. The maximum absolute atomic E-state index is 9.39. The van der Waals surface area contributed by atoms with Crippen molar-refractivity contribution >= 4 is 0 Å². The highest BCUT2D eigenvalue weighted by atomic mass is 16.3. The van der Waals surface area contributed by atoms with Crippen molar-refractivity contribution in [2.75, 3.05) is 13.1 Å². The fourth-order valence-corrected chi connectivity index (χ4v) is 2.46. The molecule has 1 atom stereocenters.